The van der Waals surface area contributed by atoms with E-state index >= 15 is 0 Å². The second-order valence-electron chi connectivity index (χ2n) is 7.22. The zero-order valence-corrected chi connectivity index (χ0v) is 13.1. The van der Waals surface area contributed by atoms with Crippen molar-refractivity contribution >= 4 is 23.1 Å². The largest absolute Gasteiger partial charge is 0.392 e. The van der Waals surface area contributed by atoms with Crippen LogP contribution in [-0.2, 0) is 4.79 Å². The van der Waals surface area contributed by atoms with Crippen molar-refractivity contribution in [1.29, 1.82) is 0 Å². The van der Waals surface area contributed by atoms with Gasteiger partial charge in [0.1, 0.15) is 0 Å². The summed E-state index contributed by atoms with van der Waals surface area (Å²) in [5.41, 5.74) is 5.45. The topological polar surface area (TPSA) is 55.1 Å². The molecule has 0 aliphatic heterocycles. The quantitative estimate of drug-likeness (QED) is 0.783. The molecule has 0 bridgehead atoms. The number of carbonyl (C=O) groups is 1. The Balaban J connectivity index is 2.06. The Morgan fingerprint density at radius 3 is 2.42 bits per heavy atom. The van der Waals surface area contributed by atoms with Crippen LogP contribution in [0.1, 0.15) is 59.3 Å². The average molecular weight is 282 g/mol. The van der Waals surface area contributed by atoms with Crippen LogP contribution in [0.2, 0.25) is 0 Å². The lowest BCUT2D eigenvalue weighted by atomic mass is 9.61. The first-order valence-corrected chi connectivity index (χ1v) is 7.80. The summed E-state index contributed by atoms with van der Waals surface area (Å²) in [5.74, 6) is 0.615. The van der Waals surface area contributed by atoms with Crippen LogP contribution in [-0.4, -0.2) is 16.9 Å². The summed E-state index contributed by atoms with van der Waals surface area (Å²) in [4.78, 5) is 13.0. The maximum absolute atomic E-state index is 12.6. The molecule has 4 heteroatoms. The van der Waals surface area contributed by atoms with E-state index in [1.807, 2.05) is 0 Å². The highest BCUT2D eigenvalue weighted by atomic mass is 32.1. The van der Waals surface area contributed by atoms with Crippen molar-refractivity contribution in [1.82, 2.24) is 5.32 Å². The molecule has 0 aromatic heterocycles. The van der Waals surface area contributed by atoms with E-state index in [4.69, 9.17) is 18.0 Å². The zero-order chi connectivity index (χ0) is 14.3. The first-order valence-electron chi connectivity index (χ1n) is 7.39. The molecule has 3 N–H and O–H groups in total. The lowest BCUT2D eigenvalue weighted by molar-refractivity contribution is -0.134. The second-order valence-corrected chi connectivity index (χ2v) is 7.66. The van der Waals surface area contributed by atoms with Gasteiger partial charge in [0.2, 0.25) is 5.91 Å². The number of nitrogens with one attached hydrogen (secondary N) is 1. The normalized spacial score (nSPS) is 37.2. The summed E-state index contributed by atoms with van der Waals surface area (Å²) in [6.07, 6.45) is 6.32. The van der Waals surface area contributed by atoms with Crippen molar-refractivity contribution in [2.24, 2.45) is 22.5 Å². The van der Waals surface area contributed by atoms with Gasteiger partial charge < -0.3 is 11.1 Å². The molecule has 0 radical (unpaired) electrons. The van der Waals surface area contributed by atoms with Crippen LogP contribution in [0.5, 0.6) is 0 Å². The smallest absolute Gasteiger partial charge is 0.233 e. The molecular formula is C15H26N2OS. The van der Waals surface area contributed by atoms with E-state index in [0.717, 1.165) is 19.3 Å². The van der Waals surface area contributed by atoms with Gasteiger partial charge in [-0.2, -0.15) is 0 Å². The van der Waals surface area contributed by atoms with E-state index in [9.17, 15) is 4.79 Å². The van der Waals surface area contributed by atoms with Gasteiger partial charge in [0.05, 0.1) is 10.4 Å². The lowest BCUT2D eigenvalue weighted by Crippen LogP contribution is -2.59. The molecule has 2 fully saturated rings. The van der Waals surface area contributed by atoms with Crippen LogP contribution in [0.25, 0.3) is 0 Å². The third-order valence-electron chi connectivity index (χ3n) is 5.11. The number of hydrogen-bond acceptors (Lipinski definition) is 2. The third-order valence-corrected chi connectivity index (χ3v) is 5.50. The first kappa shape index (κ1) is 14.8. The predicted molar refractivity (Wildman–Crippen MR) is 81.8 cm³/mol. The Kier molecular flexibility index (Phi) is 3.92. The third kappa shape index (κ3) is 2.64. The summed E-state index contributed by atoms with van der Waals surface area (Å²) < 4.78 is 0. The van der Waals surface area contributed by atoms with Gasteiger partial charge in [-0.25, -0.2) is 0 Å². The number of rotatable bonds is 3. The van der Waals surface area contributed by atoms with Crippen LogP contribution in [0.15, 0.2) is 0 Å². The van der Waals surface area contributed by atoms with Gasteiger partial charge >= 0.3 is 0 Å². The molecule has 2 aliphatic rings. The highest BCUT2D eigenvalue weighted by molar-refractivity contribution is 7.80. The maximum atomic E-state index is 12.6. The summed E-state index contributed by atoms with van der Waals surface area (Å²) in [6.45, 7) is 6.64. The molecule has 2 aliphatic carbocycles. The monoisotopic (exact) mass is 282 g/mol. The minimum absolute atomic E-state index is 0.0677. The summed E-state index contributed by atoms with van der Waals surface area (Å²) in [5, 5.41) is 3.25. The summed E-state index contributed by atoms with van der Waals surface area (Å²) in [7, 11) is 0. The Bertz CT molecular complexity index is 386. The van der Waals surface area contributed by atoms with Crippen molar-refractivity contribution in [3.05, 3.63) is 0 Å². The number of nitrogens with two attached hydrogens (primary N) is 1. The van der Waals surface area contributed by atoms with E-state index in [-0.39, 0.29) is 17.4 Å². The molecule has 19 heavy (non-hydrogen) atoms. The van der Waals surface area contributed by atoms with Gasteiger partial charge in [-0.05, 0) is 37.0 Å². The SMILES string of the molecule is CC1CC(C(=O)NC2CCCCC2(C)C)(C(N)=S)C1. The van der Waals surface area contributed by atoms with Gasteiger partial charge in [-0.15, -0.1) is 0 Å². The highest BCUT2D eigenvalue weighted by Crippen LogP contribution is 2.46. The molecular weight excluding hydrogens is 256 g/mol. The number of carbonyl (C=O) groups excluding carboxylic acids is 1. The van der Waals surface area contributed by atoms with Gasteiger partial charge in [0.15, 0.2) is 0 Å². The molecule has 2 rings (SSSR count). The molecule has 0 saturated heterocycles. The molecule has 1 unspecified atom stereocenters. The van der Waals surface area contributed by atoms with Crippen LogP contribution in [0.3, 0.4) is 0 Å². The van der Waals surface area contributed by atoms with Gasteiger partial charge in [0, 0.05) is 6.04 Å². The van der Waals surface area contributed by atoms with E-state index in [1.165, 1.54) is 19.3 Å². The Hall–Kier alpha value is -0.640. The van der Waals surface area contributed by atoms with Crippen LogP contribution < -0.4 is 11.1 Å². The molecule has 1 amide bonds. The van der Waals surface area contributed by atoms with E-state index in [2.05, 4.69) is 26.1 Å². The maximum Gasteiger partial charge on any atom is 0.233 e. The molecule has 3 nitrogen and oxygen atoms in total. The molecule has 0 aromatic carbocycles. The molecule has 2 saturated carbocycles. The summed E-state index contributed by atoms with van der Waals surface area (Å²) in [6, 6.07) is 0.260. The van der Waals surface area contributed by atoms with E-state index < -0.39 is 5.41 Å². The van der Waals surface area contributed by atoms with Crippen molar-refractivity contribution < 1.29 is 4.79 Å². The second kappa shape index (κ2) is 5.04. The standard InChI is InChI=1S/C15H26N2OS/c1-10-8-15(9-10,12(16)19)13(18)17-11-6-4-5-7-14(11,2)3/h10-11H,4-9H2,1-3H3,(H2,16,19)(H,17,18). The molecule has 0 aromatic rings. The van der Waals surface area contributed by atoms with Crippen molar-refractivity contribution in [2.75, 3.05) is 0 Å². The van der Waals surface area contributed by atoms with Crippen LogP contribution >= 0.6 is 12.2 Å². The molecule has 108 valence electrons. The minimum Gasteiger partial charge on any atom is -0.392 e. The van der Waals surface area contributed by atoms with Crippen LogP contribution in [0, 0.1) is 16.7 Å². The van der Waals surface area contributed by atoms with Crippen molar-refractivity contribution in [3.63, 3.8) is 0 Å². The Morgan fingerprint density at radius 2 is 1.95 bits per heavy atom. The fourth-order valence-electron chi connectivity index (χ4n) is 3.69. The van der Waals surface area contributed by atoms with Gasteiger partial charge in [-0.3, -0.25) is 4.79 Å². The van der Waals surface area contributed by atoms with E-state index in [0.29, 0.717) is 10.9 Å². The Labute approximate surface area is 121 Å². The average Bonchev–Trinajstić information content (AvgIpc) is 2.26. The number of hydrogen-bond donors (Lipinski definition) is 2. The van der Waals surface area contributed by atoms with Crippen LogP contribution in [0.4, 0.5) is 0 Å². The number of thiocarbonyl (C=S) groups is 1. The summed E-state index contributed by atoms with van der Waals surface area (Å²) >= 11 is 5.15. The van der Waals surface area contributed by atoms with Gasteiger partial charge in [-0.1, -0.05) is 45.8 Å². The van der Waals surface area contributed by atoms with E-state index in [1.54, 1.807) is 0 Å². The Morgan fingerprint density at radius 1 is 1.32 bits per heavy atom. The predicted octanol–water partition coefficient (Wildman–Crippen LogP) is 2.77. The lowest BCUT2D eigenvalue weighted by Gasteiger charge is -2.47. The minimum atomic E-state index is -0.567. The first-order chi connectivity index (χ1) is 8.78. The molecule has 0 heterocycles. The fraction of sp³-hybridized carbons (Fsp3) is 0.867. The van der Waals surface area contributed by atoms with Gasteiger partial charge in [0.25, 0.3) is 0 Å². The van der Waals surface area contributed by atoms with Crippen molar-refractivity contribution in [2.45, 2.75) is 65.3 Å². The highest BCUT2D eigenvalue weighted by Gasteiger charge is 2.51. The van der Waals surface area contributed by atoms with Crippen molar-refractivity contribution in [3.8, 4) is 0 Å². The molecule has 0 spiro atoms. The zero-order valence-electron chi connectivity index (χ0n) is 12.3. The fourth-order valence-corrected chi connectivity index (χ4v) is 3.95. The number of amides is 1. The molecule has 1 atom stereocenters.